The Bertz CT molecular complexity index is 861. The highest BCUT2D eigenvalue weighted by molar-refractivity contribution is 6.14. The van der Waals surface area contributed by atoms with E-state index in [1.807, 2.05) is 43.3 Å². The Morgan fingerprint density at radius 2 is 1.96 bits per heavy atom. The van der Waals surface area contributed by atoms with Crippen LogP contribution in [-0.2, 0) is 6.42 Å². The van der Waals surface area contributed by atoms with Gasteiger partial charge in [-0.05, 0) is 43.2 Å². The zero-order valence-electron chi connectivity index (χ0n) is 15.1. The molecule has 0 fully saturated rings. The summed E-state index contributed by atoms with van der Waals surface area (Å²) in [4.78, 5) is 12.3. The highest BCUT2D eigenvalue weighted by atomic mass is 16.5. The van der Waals surface area contributed by atoms with Crippen molar-refractivity contribution in [3.63, 3.8) is 0 Å². The number of nitrogens with zero attached hydrogens (tertiary/aromatic N) is 2. The predicted octanol–water partition coefficient (Wildman–Crippen LogP) is 2.20. The van der Waals surface area contributed by atoms with Crippen LogP contribution in [0.25, 0.3) is 0 Å². The molecule has 0 aliphatic carbocycles. The number of carbonyl (C=O) groups excluding carboxylic acids is 1. The first-order valence-electron chi connectivity index (χ1n) is 8.36. The van der Waals surface area contributed by atoms with E-state index in [-0.39, 0.29) is 12.1 Å². The van der Waals surface area contributed by atoms with Crippen molar-refractivity contribution < 1.29 is 9.53 Å². The van der Waals surface area contributed by atoms with Gasteiger partial charge in [-0.1, -0.05) is 12.1 Å². The first-order chi connectivity index (χ1) is 12.4. The molecule has 2 amide bonds. The number of hydrogen-bond donors (Lipinski definition) is 3. The summed E-state index contributed by atoms with van der Waals surface area (Å²) in [6.45, 7) is 1.95. The van der Waals surface area contributed by atoms with Gasteiger partial charge in [0.2, 0.25) is 0 Å². The van der Waals surface area contributed by atoms with Gasteiger partial charge in [0, 0.05) is 23.9 Å². The molecule has 0 saturated carbocycles. The molecule has 0 saturated heterocycles. The number of hydrogen-bond acceptors (Lipinski definition) is 5. The van der Waals surface area contributed by atoms with Crippen LogP contribution in [0.2, 0.25) is 0 Å². The molecule has 0 radical (unpaired) electrons. The molecule has 1 aliphatic heterocycles. The van der Waals surface area contributed by atoms with E-state index in [0.717, 1.165) is 16.7 Å². The van der Waals surface area contributed by atoms with E-state index in [0.29, 0.717) is 29.3 Å². The second-order valence-electron chi connectivity index (χ2n) is 6.27. The van der Waals surface area contributed by atoms with Gasteiger partial charge in [0.1, 0.15) is 5.75 Å². The molecule has 7 heteroatoms. The van der Waals surface area contributed by atoms with Crippen molar-refractivity contribution in [1.82, 2.24) is 10.3 Å². The van der Waals surface area contributed by atoms with Gasteiger partial charge in [-0.2, -0.15) is 5.10 Å². The average molecular weight is 353 g/mol. The van der Waals surface area contributed by atoms with Crippen LogP contribution >= 0.6 is 0 Å². The molecule has 136 valence electrons. The van der Waals surface area contributed by atoms with Crippen molar-refractivity contribution >= 4 is 23.1 Å². The van der Waals surface area contributed by atoms with E-state index < -0.39 is 0 Å². The molecule has 1 atom stereocenters. The highest BCUT2D eigenvalue weighted by Crippen LogP contribution is 2.31. The van der Waals surface area contributed by atoms with Crippen LogP contribution in [0, 0.1) is 0 Å². The summed E-state index contributed by atoms with van der Waals surface area (Å²) in [7, 11) is 3.17. The number of urea groups is 1. The molecule has 2 aromatic carbocycles. The minimum Gasteiger partial charge on any atom is -0.495 e. The van der Waals surface area contributed by atoms with Gasteiger partial charge in [-0.3, -0.25) is 0 Å². The van der Waals surface area contributed by atoms with E-state index in [1.165, 1.54) is 5.01 Å². The minimum atomic E-state index is -0.266. The van der Waals surface area contributed by atoms with Gasteiger partial charge in [0.15, 0.2) is 0 Å². The lowest BCUT2D eigenvalue weighted by molar-refractivity contribution is 0.184. The summed E-state index contributed by atoms with van der Waals surface area (Å²) in [6, 6.07) is 10.8. The summed E-state index contributed by atoms with van der Waals surface area (Å²) in [6.07, 6.45) is 0.624. The highest BCUT2D eigenvalue weighted by Gasteiger charge is 2.27. The van der Waals surface area contributed by atoms with E-state index in [2.05, 4.69) is 10.4 Å². The van der Waals surface area contributed by atoms with Gasteiger partial charge in [-0.25, -0.2) is 9.80 Å². The van der Waals surface area contributed by atoms with Crippen LogP contribution in [0.5, 0.6) is 5.75 Å². The maximum Gasteiger partial charge on any atom is 0.337 e. The molecular weight excluding hydrogens is 330 g/mol. The second-order valence-corrected chi connectivity index (χ2v) is 6.27. The van der Waals surface area contributed by atoms with E-state index in [1.54, 1.807) is 14.2 Å². The van der Waals surface area contributed by atoms with Crippen LogP contribution in [-0.4, -0.2) is 37.0 Å². The number of methoxy groups -OCH3 is 1. The first kappa shape index (κ1) is 17.6. The zero-order chi connectivity index (χ0) is 18.8. The third-order valence-electron chi connectivity index (χ3n) is 4.46. The molecule has 1 aliphatic rings. The largest absolute Gasteiger partial charge is 0.495 e. The van der Waals surface area contributed by atoms with Crippen molar-refractivity contribution in [1.29, 1.82) is 0 Å². The smallest absolute Gasteiger partial charge is 0.337 e. The third kappa shape index (κ3) is 3.15. The molecule has 5 N–H and O–H groups in total. The summed E-state index contributed by atoms with van der Waals surface area (Å²) in [5.74, 6) is 0.577. The third-order valence-corrected chi connectivity index (χ3v) is 4.46. The van der Waals surface area contributed by atoms with Gasteiger partial charge in [0.05, 0.1) is 24.6 Å². The summed E-state index contributed by atoms with van der Waals surface area (Å²) >= 11 is 0. The topological polar surface area (TPSA) is 106 Å². The monoisotopic (exact) mass is 353 g/mol. The quantitative estimate of drug-likeness (QED) is 0.720. The number of fused-ring (bicyclic) bond motifs is 1. The lowest BCUT2D eigenvalue weighted by Gasteiger charge is -2.22. The number of nitrogen functional groups attached to an aromatic ring is 2. The Balaban J connectivity index is 2.23. The van der Waals surface area contributed by atoms with Gasteiger partial charge in [0.25, 0.3) is 0 Å². The SMILES string of the molecule is CNC(=O)N1N=C(c2ccc(N)cc2)c2cc(OC)c(N)cc2CC1C. The molecular formula is C19H23N5O2. The fraction of sp³-hybridized carbons (Fsp3) is 0.263. The normalized spacial score (nSPS) is 16.3. The maximum atomic E-state index is 12.3. The number of anilines is 2. The fourth-order valence-electron chi connectivity index (χ4n) is 3.09. The van der Waals surface area contributed by atoms with Crippen molar-refractivity contribution in [2.24, 2.45) is 5.10 Å². The molecule has 7 nitrogen and oxygen atoms in total. The van der Waals surface area contributed by atoms with E-state index >= 15 is 0 Å². The molecule has 3 rings (SSSR count). The number of amides is 2. The Morgan fingerprint density at radius 1 is 1.27 bits per heavy atom. The molecule has 26 heavy (non-hydrogen) atoms. The minimum absolute atomic E-state index is 0.132. The Hall–Kier alpha value is -3.22. The summed E-state index contributed by atoms with van der Waals surface area (Å²) in [5, 5.41) is 8.79. The molecule has 1 unspecified atom stereocenters. The van der Waals surface area contributed by atoms with Crippen LogP contribution in [0.1, 0.15) is 23.6 Å². The lowest BCUT2D eigenvalue weighted by Crippen LogP contribution is -2.41. The molecule has 1 heterocycles. The van der Waals surface area contributed by atoms with Crippen molar-refractivity contribution in [3.8, 4) is 5.75 Å². The van der Waals surface area contributed by atoms with Gasteiger partial charge >= 0.3 is 6.03 Å². The number of nitrogens with one attached hydrogen (secondary N) is 1. The number of hydrazone groups is 1. The van der Waals surface area contributed by atoms with Crippen molar-refractivity contribution in [2.45, 2.75) is 19.4 Å². The van der Waals surface area contributed by atoms with Gasteiger partial charge in [-0.15, -0.1) is 0 Å². The molecule has 0 bridgehead atoms. The van der Waals surface area contributed by atoms with Crippen molar-refractivity contribution in [3.05, 3.63) is 53.1 Å². The van der Waals surface area contributed by atoms with Crippen LogP contribution in [0.4, 0.5) is 16.2 Å². The summed E-state index contributed by atoms with van der Waals surface area (Å²) < 4.78 is 5.38. The number of rotatable bonds is 2. The Labute approximate surface area is 152 Å². The Morgan fingerprint density at radius 3 is 2.58 bits per heavy atom. The second kappa shape index (κ2) is 6.95. The standard InChI is InChI=1S/C19H23N5O2/c1-11-8-13-9-16(21)17(26-3)10-15(13)18(23-24(11)19(25)22-2)12-4-6-14(20)7-5-12/h4-7,9-11H,8,20-21H2,1-3H3,(H,22,25). The predicted molar refractivity (Wildman–Crippen MR) is 103 cm³/mol. The number of carbonyl (C=O) groups is 1. The van der Waals surface area contributed by atoms with E-state index in [4.69, 9.17) is 16.2 Å². The fourth-order valence-corrected chi connectivity index (χ4v) is 3.09. The zero-order valence-corrected chi connectivity index (χ0v) is 15.1. The number of benzene rings is 2. The maximum absolute atomic E-state index is 12.3. The van der Waals surface area contributed by atoms with Gasteiger partial charge < -0.3 is 21.5 Å². The molecule has 2 aromatic rings. The number of ether oxygens (including phenoxy) is 1. The summed E-state index contributed by atoms with van der Waals surface area (Å²) in [5.41, 5.74) is 16.6. The number of nitrogens with two attached hydrogens (primary N) is 2. The van der Waals surface area contributed by atoms with Crippen molar-refractivity contribution in [2.75, 3.05) is 25.6 Å². The Kier molecular flexibility index (Phi) is 4.71. The van der Waals surface area contributed by atoms with E-state index in [9.17, 15) is 4.79 Å². The van der Waals surface area contributed by atoms with Crippen LogP contribution < -0.4 is 21.5 Å². The molecule has 0 aromatic heterocycles. The van der Waals surface area contributed by atoms with Crippen LogP contribution in [0.15, 0.2) is 41.5 Å². The molecule has 0 spiro atoms. The average Bonchev–Trinajstić information content (AvgIpc) is 2.77. The lowest BCUT2D eigenvalue weighted by atomic mass is 9.93. The first-order valence-corrected chi connectivity index (χ1v) is 8.36. The van der Waals surface area contributed by atoms with Crippen LogP contribution in [0.3, 0.4) is 0 Å².